The molecule has 0 bridgehead atoms. The van der Waals surface area contributed by atoms with E-state index in [2.05, 4.69) is 0 Å². The molecule has 0 saturated heterocycles. The Morgan fingerprint density at radius 3 is 2.62 bits per heavy atom. The van der Waals surface area contributed by atoms with Crippen molar-refractivity contribution in [1.29, 1.82) is 0 Å². The molecule has 2 aromatic carbocycles. The Morgan fingerprint density at radius 2 is 1.92 bits per heavy atom. The van der Waals surface area contributed by atoms with Gasteiger partial charge in [-0.3, -0.25) is 4.79 Å². The topological polar surface area (TPSA) is 96.2 Å². The number of fused-ring (bicyclic) bond motifs is 1. The minimum atomic E-state index is -0.631. The molecule has 0 fully saturated rings. The Bertz CT molecular complexity index is 880. The van der Waals surface area contributed by atoms with E-state index < -0.39 is 6.10 Å². The molecule has 26 heavy (non-hydrogen) atoms. The van der Waals surface area contributed by atoms with Gasteiger partial charge >= 0.3 is 0 Å². The Kier molecular flexibility index (Phi) is 4.75. The van der Waals surface area contributed by atoms with Gasteiger partial charge in [-0.05, 0) is 37.6 Å². The summed E-state index contributed by atoms with van der Waals surface area (Å²) in [5.74, 6) is -0.370. The fourth-order valence-electron chi connectivity index (χ4n) is 2.73. The van der Waals surface area contributed by atoms with Crippen LogP contribution >= 0.6 is 0 Å². The summed E-state index contributed by atoms with van der Waals surface area (Å²) >= 11 is 0. The van der Waals surface area contributed by atoms with E-state index in [0.717, 1.165) is 5.57 Å². The normalized spacial score (nSPS) is 15.8. The van der Waals surface area contributed by atoms with Crippen LogP contribution in [0.15, 0.2) is 42.0 Å². The molecule has 0 aromatic heterocycles. The van der Waals surface area contributed by atoms with Crippen LogP contribution in [0.5, 0.6) is 28.7 Å². The van der Waals surface area contributed by atoms with E-state index in [9.17, 15) is 20.1 Å². The number of hydrogen-bond donors (Lipinski definition) is 3. The molecule has 136 valence electrons. The van der Waals surface area contributed by atoms with Crippen LogP contribution in [-0.2, 0) is 0 Å². The predicted octanol–water partition coefficient (Wildman–Crippen LogP) is 3.85. The zero-order valence-corrected chi connectivity index (χ0v) is 14.5. The Labute approximate surface area is 150 Å². The SMILES string of the molecule is CC(C)=CCOc1cc(O)c2c(c1)O[C@H](c1ccc(O)c(O)c1)CC2=O. The number of Topliss-reactive ketones (excluding diaryl/α,β-unsaturated/α-hetero) is 1. The highest BCUT2D eigenvalue weighted by Gasteiger charge is 2.31. The standard InChI is InChI=1S/C20H20O6/c1-11(2)5-6-25-13-8-16(23)20-17(24)10-18(26-19(20)9-13)12-3-4-14(21)15(22)7-12/h3-5,7-9,18,21-23H,6,10H2,1-2H3/t18-/m0/s1. The van der Waals surface area contributed by atoms with Gasteiger partial charge in [0.25, 0.3) is 0 Å². The molecule has 1 heterocycles. The highest BCUT2D eigenvalue weighted by molar-refractivity contribution is 6.02. The Balaban J connectivity index is 1.89. The molecule has 3 rings (SSSR count). The number of allylic oxidation sites excluding steroid dienone is 1. The average Bonchev–Trinajstić information content (AvgIpc) is 2.56. The molecule has 0 radical (unpaired) electrons. The first-order chi connectivity index (χ1) is 12.3. The third-order valence-electron chi connectivity index (χ3n) is 4.09. The number of hydrogen-bond acceptors (Lipinski definition) is 6. The number of ketones is 1. The lowest BCUT2D eigenvalue weighted by molar-refractivity contribution is 0.0844. The summed E-state index contributed by atoms with van der Waals surface area (Å²) in [5, 5.41) is 29.3. The molecule has 1 atom stereocenters. The van der Waals surface area contributed by atoms with Crippen molar-refractivity contribution < 1.29 is 29.6 Å². The number of phenols is 3. The molecule has 0 saturated carbocycles. The molecule has 1 aliphatic rings. The van der Waals surface area contributed by atoms with E-state index in [1.807, 2.05) is 19.9 Å². The van der Waals surface area contributed by atoms with Gasteiger partial charge < -0.3 is 24.8 Å². The Hall–Kier alpha value is -3.15. The molecule has 6 nitrogen and oxygen atoms in total. The summed E-state index contributed by atoms with van der Waals surface area (Å²) in [6, 6.07) is 7.23. The molecule has 6 heteroatoms. The molecule has 1 aliphatic heterocycles. The van der Waals surface area contributed by atoms with Gasteiger partial charge in [-0.25, -0.2) is 0 Å². The first-order valence-corrected chi connectivity index (χ1v) is 8.20. The maximum Gasteiger partial charge on any atom is 0.174 e. The monoisotopic (exact) mass is 356 g/mol. The fraction of sp³-hybridized carbons (Fsp3) is 0.250. The molecule has 0 aliphatic carbocycles. The van der Waals surface area contributed by atoms with Gasteiger partial charge in [0.1, 0.15) is 35.5 Å². The zero-order chi connectivity index (χ0) is 18.8. The smallest absolute Gasteiger partial charge is 0.174 e. The number of phenolic OH excluding ortho intramolecular Hbond substituents is 3. The minimum Gasteiger partial charge on any atom is -0.507 e. The third kappa shape index (κ3) is 3.59. The first-order valence-electron chi connectivity index (χ1n) is 8.20. The van der Waals surface area contributed by atoms with Crippen molar-refractivity contribution in [3.05, 3.63) is 53.1 Å². The quantitative estimate of drug-likeness (QED) is 0.569. The summed E-state index contributed by atoms with van der Waals surface area (Å²) < 4.78 is 11.4. The Morgan fingerprint density at radius 1 is 1.15 bits per heavy atom. The second-order valence-corrected chi connectivity index (χ2v) is 6.39. The van der Waals surface area contributed by atoms with E-state index in [1.165, 1.54) is 18.2 Å². The van der Waals surface area contributed by atoms with Gasteiger partial charge in [0.05, 0.1) is 6.42 Å². The number of rotatable bonds is 4. The van der Waals surface area contributed by atoms with Crippen LogP contribution in [0.4, 0.5) is 0 Å². The summed E-state index contributed by atoms with van der Waals surface area (Å²) in [4.78, 5) is 12.5. The highest BCUT2D eigenvalue weighted by atomic mass is 16.5. The minimum absolute atomic E-state index is 0.0166. The molecular formula is C20H20O6. The van der Waals surface area contributed by atoms with Gasteiger partial charge in [0.2, 0.25) is 0 Å². The van der Waals surface area contributed by atoms with Gasteiger partial charge in [-0.1, -0.05) is 11.6 Å². The van der Waals surface area contributed by atoms with E-state index in [-0.39, 0.29) is 40.8 Å². The van der Waals surface area contributed by atoms with E-state index in [0.29, 0.717) is 17.9 Å². The lowest BCUT2D eigenvalue weighted by Gasteiger charge is -2.26. The maximum atomic E-state index is 12.5. The van der Waals surface area contributed by atoms with E-state index in [1.54, 1.807) is 12.1 Å². The lowest BCUT2D eigenvalue weighted by Crippen LogP contribution is -2.20. The van der Waals surface area contributed by atoms with Crippen molar-refractivity contribution in [2.45, 2.75) is 26.4 Å². The highest BCUT2D eigenvalue weighted by Crippen LogP contribution is 2.42. The van der Waals surface area contributed by atoms with E-state index in [4.69, 9.17) is 9.47 Å². The molecule has 3 N–H and O–H groups in total. The second-order valence-electron chi connectivity index (χ2n) is 6.39. The zero-order valence-electron chi connectivity index (χ0n) is 14.5. The molecule has 0 unspecified atom stereocenters. The molecule has 2 aromatic rings. The summed E-state index contributed by atoms with van der Waals surface area (Å²) in [5.41, 5.74) is 1.78. The van der Waals surface area contributed by atoms with Gasteiger partial charge in [-0.15, -0.1) is 0 Å². The van der Waals surface area contributed by atoms with Gasteiger partial charge in [0, 0.05) is 12.1 Å². The molecular weight excluding hydrogens is 336 g/mol. The fourth-order valence-corrected chi connectivity index (χ4v) is 2.73. The van der Waals surface area contributed by atoms with Crippen LogP contribution in [0.1, 0.15) is 42.3 Å². The maximum absolute atomic E-state index is 12.5. The number of carbonyl (C=O) groups is 1. The number of carbonyl (C=O) groups excluding carboxylic acids is 1. The van der Waals surface area contributed by atoms with Gasteiger partial charge in [0.15, 0.2) is 17.3 Å². The van der Waals surface area contributed by atoms with Crippen LogP contribution in [0.3, 0.4) is 0 Å². The van der Waals surface area contributed by atoms with Crippen molar-refractivity contribution >= 4 is 5.78 Å². The van der Waals surface area contributed by atoms with Crippen molar-refractivity contribution in [2.24, 2.45) is 0 Å². The third-order valence-corrected chi connectivity index (χ3v) is 4.09. The van der Waals surface area contributed by atoms with Crippen molar-refractivity contribution in [1.82, 2.24) is 0 Å². The van der Waals surface area contributed by atoms with Crippen molar-refractivity contribution in [3.63, 3.8) is 0 Å². The van der Waals surface area contributed by atoms with Crippen LogP contribution in [-0.4, -0.2) is 27.7 Å². The van der Waals surface area contributed by atoms with Crippen LogP contribution in [0, 0.1) is 0 Å². The van der Waals surface area contributed by atoms with Crippen molar-refractivity contribution in [3.8, 4) is 28.7 Å². The summed E-state index contributed by atoms with van der Waals surface area (Å²) in [7, 11) is 0. The largest absolute Gasteiger partial charge is 0.507 e. The van der Waals surface area contributed by atoms with Crippen molar-refractivity contribution in [2.75, 3.05) is 6.61 Å². The predicted molar refractivity (Wildman–Crippen MR) is 95.1 cm³/mol. The first kappa shape index (κ1) is 17.7. The number of aromatic hydroxyl groups is 3. The molecule has 0 amide bonds. The second kappa shape index (κ2) is 7.00. The average molecular weight is 356 g/mol. The van der Waals surface area contributed by atoms with E-state index >= 15 is 0 Å². The van der Waals surface area contributed by atoms with Crippen LogP contribution in [0.2, 0.25) is 0 Å². The number of ether oxygens (including phenoxy) is 2. The summed E-state index contributed by atoms with van der Waals surface area (Å²) in [6.07, 6.45) is 1.28. The molecule has 0 spiro atoms. The van der Waals surface area contributed by atoms with Gasteiger partial charge in [-0.2, -0.15) is 0 Å². The summed E-state index contributed by atoms with van der Waals surface area (Å²) in [6.45, 7) is 4.24. The van der Waals surface area contributed by atoms with Crippen LogP contribution in [0.25, 0.3) is 0 Å². The lowest BCUT2D eigenvalue weighted by atomic mass is 9.95. The van der Waals surface area contributed by atoms with Crippen LogP contribution < -0.4 is 9.47 Å². The number of benzene rings is 2.